The van der Waals surface area contributed by atoms with Gasteiger partial charge in [-0.05, 0) is 65.1 Å². The summed E-state index contributed by atoms with van der Waals surface area (Å²) in [4.78, 5) is 13.7. The van der Waals surface area contributed by atoms with Crippen LogP contribution in [0.4, 0.5) is 5.69 Å². The van der Waals surface area contributed by atoms with Crippen LogP contribution in [0.15, 0.2) is 94.7 Å². The molecule has 0 fully saturated rings. The van der Waals surface area contributed by atoms with Crippen LogP contribution in [0.1, 0.15) is 54.9 Å². The number of carbonyl (C=O) groups is 1. The monoisotopic (exact) mass is 449 g/mol. The lowest BCUT2D eigenvalue weighted by atomic mass is 9.71. The van der Waals surface area contributed by atoms with Crippen molar-refractivity contribution in [3.05, 3.63) is 107 Å². The van der Waals surface area contributed by atoms with Crippen molar-refractivity contribution in [3.63, 3.8) is 0 Å². The van der Waals surface area contributed by atoms with E-state index < -0.39 is 0 Å². The lowest BCUT2D eigenvalue weighted by Crippen LogP contribution is -2.29. The molecule has 2 atom stereocenters. The van der Waals surface area contributed by atoms with E-state index in [1.807, 2.05) is 24.3 Å². The highest BCUT2D eigenvalue weighted by Crippen LogP contribution is 2.50. The molecule has 170 valence electrons. The zero-order chi connectivity index (χ0) is 23.1. The summed E-state index contributed by atoms with van der Waals surface area (Å²) in [7, 11) is 0. The Bertz CT molecular complexity index is 1380. The fourth-order valence-corrected chi connectivity index (χ4v) is 5.44. The first-order chi connectivity index (χ1) is 16.7. The predicted octanol–water partition coefficient (Wildman–Crippen LogP) is 7.18. The van der Waals surface area contributed by atoms with E-state index in [1.165, 1.54) is 16.3 Å². The van der Waals surface area contributed by atoms with Gasteiger partial charge in [0.2, 0.25) is 0 Å². The van der Waals surface area contributed by atoms with Crippen molar-refractivity contribution in [2.24, 2.45) is 0 Å². The van der Waals surface area contributed by atoms with Crippen molar-refractivity contribution in [2.45, 2.75) is 38.0 Å². The van der Waals surface area contributed by atoms with Crippen LogP contribution in [0.3, 0.4) is 0 Å². The molecule has 0 bridgehead atoms. The number of Topliss-reactive ketones (excluding diaryl/α,β-unsaturated/α-hetero) is 1. The van der Waals surface area contributed by atoms with Gasteiger partial charge in [-0.2, -0.15) is 0 Å². The molecule has 2 heterocycles. The van der Waals surface area contributed by atoms with Gasteiger partial charge in [-0.25, -0.2) is 0 Å². The van der Waals surface area contributed by atoms with E-state index in [0.29, 0.717) is 13.0 Å². The van der Waals surface area contributed by atoms with E-state index in [2.05, 4.69) is 60.8 Å². The van der Waals surface area contributed by atoms with Crippen LogP contribution in [0.5, 0.6) is 5.75 Å². The lowest BCUT2D eigenvalue weighted by molar-refractivity contribution is -0.116. The summed E-state index contributed by atoms with van der Waals surface area (Å²) in [5, 5.41) is 6.00. The van der Waals surface area contributed by atoms with Gasteiger partial charge in [-0.3, -0.25) is 4.79 Å². The minimum Gasteiger partial charge on any atom is -0.494 e. The van der Waals surface area contributed by atoms with Gasteiger partial charge in [0.1, 0.15) is 11.5 Å². The third kappa shape index (κ3) is 3.50. The van der Waals surface area contributed by atoms with Crippen molar-refractivity contribution >= 4 is 22.2 Å². The van der Waals surface area contributed by atoms with Crippen molar-refractivity contribution in [1.82, 2.24) is 0 Å². The van der Waals surface area contributed by atoms with E-state index in [4.69, 9.17) is 9.15 Å². The highest BCUT2D eigenvalue weighted by atomic mass is 16.5. The maximum Gasteiger partial charge on any atom is 0.162 e. The molecule has 0 saturated carbocycles. The lowest BCUT2D eigenvalue weighted by Gasteiger charge is -2.37. The summed E-state index contributed by atoms with van der Waals surface area (Å²) in [6.07, 6.45) is 3.87. The van der Waals surface area contributed by atoms with Gasteiger partial charge in [0.05, 0.1) is 12.9 Å². The molecular weight excluding hydrogens is 422 g/mol. The molecule has 1 aliphatic heterocycles. The van der Waals surface area contributed by atoms with Gasteiger partial charge in [0.25, 0.3) is 0 Å². The minimum atomic E-state index is -0.123. The molecule has 1 aliphatic carbocycles. The third-order valence-corrected chi connectivity index (χ3v) is 6.97. The van der Waals surface area contributed by atoms with Gasteiger partial charge >= 0.3 is 0 Å². The number of ketones is 1. The Balaban J connectivity index is 1.50. The molecule has 4 nitrogen and oxygen atoms in total. The number of fused-ring (bicyclic) bond motifs is 3. The van der Waals surface area contributed by atoms with Crippen molar-refractivity contribution in [3.8, 4) is 5.75 Å². The predicted molar refractivity (Wildman–Crippen MR) is 134 cm³/mol. The van der Waals surface area contributed by atoms with E-state index in [-0.39, 0.29) is 17.6 Å². The molecule has 0 spiro atoms. The summed E-state index contributed by atoms with van der Waals surface area (Å²) in [6, 6.07) is 24.9. The number of hydrogen-bond acceptors (Lipinski definition) is 4. The number of hydrogen-bond donors (Lipinski definition) is 1. The second-order valence-corrected chi connectivity index (χ2v) is 9.16. The number of rotatable bonds is 5. The molecule has 0 saturated heterocycles. The number of anilines is 1. The standard InChI is InChI=1S/C30H27NO3/c1-2-15-33-22-12-9-20(10-13-22)28-29-23-7-4-3-6-19(23)11-14-24(29)31-25-17-21(18-26(32)30(25)28)27-8-5-16-34-27/h3-14,16,21,28,31H,2,15,17-18H2,1H3/t21-,28+/m0/s1. The number of nitrogens with one attached hydrogen (secondary N) is 1. The summed E-state index contributed by atoms with van der Waals surface area (Å²) < 4.78 is 11.5. The molecule has 6 rings (SSSR count). The normalized spacial score (nSPS) is 19.5. The fraction of sp³-hybridized carbons (Fsp3) is 0.233. The molecule has 34 heavy (non-hydrogen) atoms. The van der Waals surface area contributed by atoms with Crippen molar-refractivity contribution in [1.29, 1.82) is 0 Å². The highest BCUT2D eigenvalue weighted by Gasteiger charge is 2.39. The van der Waals surface area contributed by atoms with Crippen LogP contribution < -0.4 is 10.1 Å². The number of allylic oxidation sites excluding steroid dienone is 2. The molecule has 2 aliphatic rings. The van der Waals surface area contributed by atoms with E-state index in [1.54, 1.807) is 6.26 Å². The Morgan fingerprint density at radius 2 is 1.82 bits per heavy atom. The first-order valence-corrected chi connectivity index (χ1v) is 12.0. The molecule has 0 radical (unpaired) electrons. The quantitative estimate of drug-likeness (QED) is 0.351. The number of ether oxygens (including phenoxy) is 1. The largest absolute Gasteiger partial charge is 0.494 e. The van der Waals surface area contributed by atoms with Crippen LogP contribution >= 0.6 is 0 Å². The van der Waals surface area contributed by atoms with E-state index >= 15 is 0 Å². The zero-order valence-electron chi connectivity index (χ0n) is 19.2. The van der Waals surface area contributed by atoms with Gasteiger partial charge in [-0.15, -0.1) is 0 Å². The third-order valence-electron chi connectivity index (χ3n) is 6.97. The Morgan fingerprint density at radius 1 is 0.971 bits per heavy atom. The second kappa shape index (κ2) is 8.53. The van der Waals surface area contributed by atoms with Crippen molar-refractivity contribution in [2.75, 3.05) is 11.9 Å². The van der Waals surface area contributed by atoms with Crippen LogP contribution in [-0.2, 0) is 4.79 Å². The average Bonchev–Trinajstić information content (AvgIpc) is 3.41. The fourth-order valence-electron chi connectivity index (χ4n) is 5.44. The number of furan rings is 1. The van der Waals surface area contributed by atoms with Crippen LogP contribution in [0.25, 0.3) is 10.8 Å². The Kier molecular flexibility index (Phi) is 5.21. The summed E-state index contributed by atoms with van der Waals surface area (Å²) in [6.45, 7) is 2.80. The molecular formula is C30H27NO3. The van der Waals surface area contributed by atoms with Gasteiger partial charge in [-0.1, -0.05) is 49.4 Å². The second-order valence-electron chi connectivity index (χ2n) is 9.16. The van der Waals surface area contributed by atoms with E-state index in [0.717, 1.165) is 46.9 Å². The van der Waals surface area contributed by atoms with E-state index in [9.17, 15) is 4.79 Å². The first kappa shape index (κ1) is 20.8. The van der Waals surface area contributed by atoms with Crippen LogP contribution in [0.2, 0.25) is 0 Å². The highest BCUT2D eigenvalue weighted by molar-refractivity contribution is 6.04. The smallest absolute Gasteiger partial charge is 0.162 e. The van der Waals surface area contributed by atoms with Gasteiger partial charge < -0.3 is 14.5 Å². The SMILES string of the molecule is CCCOc1ccc([C@H]2C3=C(C[C@H](c4ccco4)CC3=O)Nc3ccc4ccccc4c32)cc1. The minimum absolute atomic E-state index is 0.0567. The van der Waals surface area contributed by atoms with Crippen LogP contribution in [0, 0.1) is 0 Å². The number of carbonyl (C=O) groups excluding carboxylic acids is 1. The zero-order valence-corrected chi connectivity index (χ0v) is 19.2. The maximum absolute atomic E-state index is 13.7. The topological polar surface area (TPSA) is 51.5 Å². The van der Waals surface area contributed by atoms with Crippen molar-refractivity contribution < 1.29 is 13.9 Å². The molecule has 3 aromatic carbocycles. The molecule has 0 unspecified atom stereocenters. The van der Waals surface area contributed by atoms with Crippen LogP contribution in [-0.4, -0.2) is 12.4 Å². The summed E-state index contributed by atoms with van der Waals surface area (Å²) >= 11 is 0. The Labute approximate surface area is 199 Å². The Morgan fingerprint density at radius 3 is 2.62 bits per heavy atom. The maximum atomic E-state index is 13.7. The summed E-state index contributed by atoms with van der Waals surface area (Å²) in [5.41, 5.74) is 5.25. The number of benzene rings is 3. The van der Waals surface area contributed by atoms with Gasteiger partial charge in [0, 0.05) is 35.2 Å². The molecule has 1 aromatic heterocycles. The first-order valence-electron chi connectivity index (χ1n) is 12.0. The molecule has 0 amide bonds. The molecule has 4 aromatic rings. The average molecular weight is 450 g/mol. The Hall–Kier alpha value is -3.79. The molecule has 4 heteroatoms. The summed E-state index contributed by atoms with van der Waals surface area (Å²) in [5.74, 6) is 1.86. The molecule has 1 N–H and O–H groups in total. The van der Waals surface area contributed by atoms with Gasteiger partial charge in [0.15, 0.2) is 5.78 Å².